The molecule has 0 aromatic carbocycles. The number of piperazine rings is 1. The Bertz CT molecular complexity index is 204. The first kappa shape index (κ1) is 16.9. The van der Waals surface area contributed by atoms with E-state index in [-0.39, 0.29) is 0 Å². The second-order valence-electron chi connectivity index (χ2n) is 6.19. The molecule has 0 saturated carbocycles. The molecule has 0 atom stereocenters. The molecule has 2 rings (SSSR count). The summed E-state index contributed by atoms with van der Waals surface area (Å²) in [5.74, 6) is 1.76. The number of rotatable bonds is 4. The van der Waals surface area contributed by atoms with Crippen LogP contribution in [0.2, 0.25) is 0 Å². The van der Waals surface area contributed by atoms with Crippen molar-refractivity contribution >= 4 is 0 Å². The molecular formula is C16H35N3. The second kappa shape index (κ2) is 9.73. The number of hydrogen-bond acceptors (Lipinski definition) is 3. The Hall–Kier alpha value is -0.120. The summed E-state index contributed by atoms with van der Waals surface area (Å²) in [6.07, 6.45) is 2.76. The fourth-order valence-electron chi connectivity index (χ4n) is 3.10. The van der Waals surface area contributed by atoms with Gasteiger partial charge in [-0.25, -0.2) is 0 Å². The van der Waals surface area contributed by atoms with E-state index in [1.165, 1.54) is 65.2 Å². The zero-order valence-electron chi connectivity index (χ0n) is 13.6. The van der Waals surface area contributed by atoms with E-state index in [9.17, 15) is 0 Å². The highest BCUT2D eigenvalue weighted by atomic mass is 15.3. The topological polar surface area (TPSA) is 18.5 Å². The van der Waals surface area contributed by atoms with Crippen LogP contribution in [0.15, 0.2) is 0 Å². The van der Waals surface area contributed by atoms with Crippen LogP contribution < -0.4 is 5.32 Å². The summed E-state index contributed by atoms with van der Waals surface area (Å²) in [5, 5.41) is 3.45. The lowest BCUT2D eigenvalue weighted by Crippen LogP contribution is -2.49. The molecule has 2 aliphatic rings. The molecule has 0 aromatic rings. The molecule has 114 valence electrons. The Morgan fingerprint density at radius 1 is 0.947 bits per heavy atom. The zero-order chi connectivity index (χ0) is 14.1. The predicted molar refractivity (Wildman–Crippen MR) is 84.7 cm³/mol. The minimum Gasteiger partial charge on any atom is -0.317 e. The maximum Gasteiger partial charge on any atom is 0.0110 e. The van der Waals surface area contributed by atoms with E-state index in [1.807, 2.05) is 13.8 Å². The SMILES string of the molecule is CC.CC(C)CN1CCN(CC2CCNCC2)CC1. The lowest BCUT2D eigenvalue weighted by atomic mass is 9.97. The maximum atomic E-state index is 3.45. The van der Waals surface area contributed by atoms with E-state index < -0.39 is 0 Å². The van der Waals surface area contributed by atoms with E-state index in [1.54, 1.807) is 0 Å². The Labute approximate surface area is 120 Å². The molecule has 1 N–H and O–H groups in total. The van der Waals surface area contributed by atoms with Crippen LogP contribution in [0.1, 0.15) is 40.5 Å². The van der Waals surface area contributed by atoms with Gasteiger partial charge in [-0.2, -0.15) is 0 Å². The first-order chi connectivity index (χ1) is 9.24. The second-order valence-corrected chi connectivity index (χ2v) is 6.19. The summed E-state index contributed by atoms with van der Waals surface area (Å²) >= 11 is 0. The molecule has 3 heteroatoms. The van der Waals surface area contributed by atoms with Crippen molar-refractivity contribution < 1.29 is 0 Å². The van der Waals surface area contributed by atoms with Crippen molar-refractivity contribution in [3.63, 3.8) is 0 Å². The van der Waals surface area contributed by atoms with Crippen LogP contribution in [-0.4, -0.2) is 62.2 Å². The summed E-state index contributed by atoms with van der Waals surface area (Å²) in [7, 11) is 0. The Morgan fingerprint density at radius 3 is 2.00 bits per heavy atom. The average molecular weight is 269 g/mol. The molecule has 3 nitrogen and oxygen atoms in total. The van der Waals surface area contributed by atoms with E-state index in [2.05, 4.69) is 29.0 Å². The molecule has 2 aliphatic heterocycles. The van der Waals surface area contributed by atoms with Crippen LogP contribution in [0.3, 0.4) is 0 Å². The fourth-order valence-corrected chi connectivity index (χ4v) is 3.10. The van der Waals surface area contributed by atoms with E-state index in [4.69, 9.17) is 0 Å². The minimum atomic E-state index is 0.811. The third-order valence-corrected chi connectivity index (χ3v) is 4.06. The van der Waals surface area contributed by atoms with Crippen molar-refractivity contribution in [1.82, 2.24) is 15.1 Å². The van der Waals surface area contributed by atoms with Gasteiger partial charge >= 0.3 is 0 Å². The van der Waals surface area contributed by atoms with Crippen molar-refractivity contribution in [2.45, 2.75) is 40.5 Å². The molecule has 2 saturated heterocycles. The summed E-state index contributed by atoms with van der Waals surface area (Å²) in [5.41, 5.74) is 0. The quantitative estimate of drug-likeness (QED) is 0.845. The molecule has 0 bridgehead atoms. The van der Waals surface area contributed by atoms with Gasteiger partial charge in [-0.1, -0.05) is 27.7 Å². The Morgan fingerprint density at radius 2 is 1.47 bits per heavy atom. The van der Waals surface area contributed by atoms with Crippen LogP contribution in [-0.2, 0) is 0 Å². The van der Waals surface area contributed by atoms with Gasteiger partial charge in [0.05, 0.1) is 0 Å². The number of piperidine rings is 1. The van der Waals surface area contributed by atoms with Gasteiger partial charge in [-0.05, 0) is 37.8 Å². The van der Waals surface area contributed by atoms with E-state index in [0.717, 1.165) is 11.8 Å². The van der Waals surface area contributed by atoms with Gasteiger partial charge in [0.1, 0.15) is 0 Å². The van der Waals surface area contributed by atoms with Crippen LogP contribution in [0.4, 0.5) is 0 Å². The van der Waals surface area contributed by atoms with Gasteiger partial charge in [0.15, 0.2) is 0 Å². The minimum absolute atomic E-state index is 0.811. The summed E-state index contributed by atoms with van der Waals surface area (Å²) < 4.78 is 0. The third kappa shape index (κ3) is 6.73. The standard InChI is InChI=1S/C14H29N3.C2H6/c1-13(2)11-16-7-9-17(10-8-16)12-14-3-5-15-6-4-14;1-2/h13-15H,3-12H2,1-2H3;1-2H3. The monoisotopic (exact) mass is 269 g/mol. The van der Waals surface area contributed by atoms with Crippen LogP contribution >= 0.6 is 0 Å². The Kier molecular flexibility index (Phi) is 8.67. The summed E-state index contributed by atoms with van der Waals surface area (Å²) in [6.45, 7) is 18.9. The lowest BCUT2D eigenvalue weighted by Gasteiger charge is -2.37. The third-order valence-electron chi connectivity index (χ3n) is 4.06. The van der Waals surface area contributed by atoms with E-state index in [0.29, 0.717) is 0 Å². The highest BCUT2D eigenvalue weighted by Gasteiger charge is 2.21. The first-order valence-electron chi connectivity index (χ1n) is 8.39. The molecule has 0 unspecified atom stereocenters. The van der Waals surface area contributed by atoms with Crippen molar-refractivity contribution in [2.75, 3.05) is 52.4 Å². The van der Waals surface area contributed by atoms with Crippen LogP contribution in [0, 0.1) is 11.8 Å². The van der Waals surface area contributed by atoms with Gasteiger partial charge in [-0.15, -0.1) is 0 Å². The van der Waals surface area contributed by atoms with E-state index >= 15 is 0 Å². The van der Waals surface area contributed by atoms with Gasteiger partial charge in [0.25, 0.3) is 0 Å². The van der Waals surface area contributed by atoms with Gasteiger partial charge in [0.2, 0.25) is 0 Å². The number of hydrogen-bond donors (Lipinski definition) is 1. The van der Waals surface area contributed by atoms with Gasteiger partial charge < -0.3 is 15.1 Å². The number of nitrogens with one attached hydrogen (secondary N) is 1. The first-order valence-corrected chi connectivity index (χ1v) is 8.39. The molecule has 0 aliphatic carbocycles. The maximum absolute atomic E-state index is 3.45. The molecule has 2 heterocycles. The molecule has 0 spiro atoms. The zero-order valence-corrected chi connectivity index (χ0v) is 13.6. The van der Waals surface area contributed by atoms with Crippen molar-refractivity contribution in [3.8, 4) is 0 Å². The van der Waals surface area contributed by atoms with Gasteiger partial charge in [-0.3, -0.25) is 0 Å². The smallest absolute Gasteiger partial charge is 0.0110 e. The molecule has 0 amide bonds. The van der Waals surface area contributed by atoms with Gasteiger partial charge in [0, 0.05) is 39.3 Å². The molecular weight excluding hydrogens is 234 g/mol. The van der Waals surface area contributed by atoms with Crippen LogP contribution in [0.5, 0.6) is 0 Å². The van der Waals surface area contributed by atoms with Crippen molar-refractivity contribution in [2.24, 2.45) is 11.8 Å². The van der Waals surface area contributed by atoms with Crippen LogP contribution in [0.25, 0.3) is 0 Å². The Balaban J connectivity index is 0.000000861. The highest BCUT2D eigenvalue weighted by molar-refractivity contribution is 4.77. The molecule has 2 fully saturated rings. The van der Waals surface area contributed by atoms with Crippen molar-refractivity contribution in [3.05, 3.63) is 0 Å². The lowest BCUT2D eigenvalue weighted by molar-refractivity contribution is 0.103. The number of nitrogens with zero attached hydrogens (tertiary/aromatic N) is 2. The average Bonchev–Trinajstić information content (AvgIpc) is 2.44. The fraction of sp³-hybridized carbons (Fsp3) is 1.00. The molecule has 0 radical (unpaired) electrons. The largest absolute Gasteiger partial charge is 0.317 e. The predicted octanol–water partition coefficient (Wildman–Crippen LogP) is 2.29. The highest BCUT2D eigenvalue weighted by Crippen LogP contribution is 2.15. The van der Waals surface area contributed by atoms with Crippen molar-refractivity contribution in [1.29, 1.82) is 0 Å². The summed E-state index contributed by atoms with van der Waals surface area (Å²) in [4.78, 5) is 5.32. The molecule has 19 heavy (non-hydrogen) atoms. The summed E-state index contributed by atoms with van der Waals surface area (Å²) in [6, 6.07) is 0. The molecule has 0 aromatic heterocycles. The normalized spacial score (nSPS) is 23.2.